The van der Waals surface area contributed by atoms with Crippen molar-refractivity contribution in [3.63, 3.8) is 0 Å². The number of pyridine rings is 1. The number of para-hydroxylation sites is 1. The molecule has 1 aliphatic heterocycles. The molecule has 0 bridgehead atoms. The Balaban J connectivity index is 1.57. The van der Waals surface area contributed by atoms with Crippen LogP contribution in [0.4, 0.5) is 0 Å². The molecule has 0 amide bonds. The number of aromatic nitrogens is 4. The lowest BCUT2D eigenvalue weighted by Gasteiger charge is -2.26. The van der Waals surface area contributed by atoms with Crippen LogP contribution in [-0.4, -0.2) is 63.2 Å². The van der Waals surface area contributed by atoms with Crippen LogP contribution in [0.25, 0.3) is 17.1 Å². The van der Waals surface area contributed by atoms with Crippen molar-refractivity contribution >= 4 is 11.8 Å². The minimum absolute atomic E-state index is 0.830. The minimum atomic E-state index is 0.830. The van der Waals surface area contributed by atoms with E-state index < -0.39 is 0 Å². The molecular formula is C19H21N5OS. The van der Waals surface area contributed by atoms with Crippen LogP contribution < -0.4 is 0 Å². The summed E-state index contributed by atoms with van der Waals surface area (Å²) in [5.41, 5.74) is 2.08. The Kier molecular flexibility index (Phi) is 5.59. The van der Waals surface area contributed by atoms with Crippen LogP contribution in [0, 0.1) is 0 Å². The number of hydrogen-bond acceptors (Lipinski definition) is 6. The van der Waals surface area contributed by atoms with E-state index >= 15 is 0 Å². The lowest BCUT2D eigenvalue weighted by molar-refractivity contribution is 0.0410. The van der Waals surface area contributed by atoms with Crippen molar-refractivity contribution < 1.29 is 4.74 Å². The average Bonchev–Trinajstić information content (AvgIpc) is 3.14. The second-order valence-electron chi connectivity index (χ2n) is 6.02. The Morgan fingerprint density at radius 2 is 1.73 bits per heavy atom. The summed E-state index contributed by atoms with van der Waals surface area (Å²) in [5, 5.41) is 9.84. The zero-order valence-corrected chi connectivity index (χ0v) is 15.3. The zero-order chi connectivity index (χ0) is 17.6. The molecule has 3 aromatic rings. The van der Waals surface area contributed by atoms with E-state index in [1.54, 1.807) is 24.2 Å². The summed E-state index contributed by atoms with van der Waals surface area (Å²) in [7, 11) is 0. The first-order chi connectivity index (χ1) is 12.9. The van der Waals surface area contributed by atoms with E-state index in [4.69, 9.17) is 4.74 Å². The number of hydrogen-bond donors (Lipinski definition) is 0. The Morgan fingerprint density at radius 3 is 2.50 bits per heavy atom. The predicted octanol–water partition coefficient (Wildman–Crippen LogP) is 2.75. The highest BCUT2D eigenvalue weighted by Gasteiger charge is 2.17. The van der Waals surface area contributed by atoms with E-state index in [9.17, 15) is 0 Å². The lowest BCUT2D eigenvalue weighted by Crippen LogP contribution is -2.37. The lowest BCUT2D eigenvalue weighted by atomic mass is 10.2. The molecule has 7 heteroatoms. The van der Waals surface area contributed by atoms with E-state index in [1.165, 1.54) is 0 Å². The summed E-state index contributed by atoms with van der Waals surface area (Å²) in [4.78, 5) is 6.54. The third kappa shape index (κ3) is 3.95. The fourth-order valence-electron chi connectivity index (χ4n) is 2.95. The third-order valence-corrected chi connectivity index (χ3v) is 5.24. The maximum Gasteiger partial charge on any atom is 0.196 e. The van der Waals surface area contributed by atoms with Crippen molar-refractivity contribution in [3.8, 4) is 17.1 Å². The van der Waals surface area contributed by atoms with Crippen LogP contribution in [-0.2, 0) is 4.74 Å². The van der Waals surface area contributed by atoms with E-state index in [0.29, 0.717) is 0 Å². The largest absolute Gasteiger partial charge is 0.379 e. The molecule has 0 atom stereocenters. The van der Waals surface area contributed by atoms with Gasteiger partial charge in [-0.25, -0.2) is 0 Å². The van der Waals surface area contributed by atoms with Crippen LogP contribution in [0.5, 0.6) is 0 Å². The molecule has 1 aliphatic rings. The normalized spacial score (nSPS) is 15.2. The summed E-state index contributed by atoms with van der Waals surface area (Å²) in [6.45, 7) is 4.71. The Bertz CT molecular complexity index is 818. The monoisotopic (exact) mass is 367 g/mol. The molecule has 134 valence electrons. The van der Waals surface area contributed by atoms with Crippen molar-refractivity contribution in [3.05, 3.63) is 54.9 Å². The summed E-state index contributed by atoms with van der Waals surface area (Å²) in [5.74, 6) is 1.81. The van der Waals surface area contributed by atoms with E-state index in [1.807, 2.05) is 30.3 Å². The maximum absolute atomic E-state index is 5.41. The van der Waals surface area contributed by atoms with Crippen molar-refractivity contribution in [2.24, 2.45) is 0 Å². The Morgan fingerprint density at radius 1 is 0.962 bits per heavy atom. The van der Waals surface area contributed by atoms with Gasteiger partial charge in [0.15, 0.2) is 11.0 Å². The molecule has 0 aliphatic carbocycles. The van der Waals surface area contributed by atoms with Crippen LogP contribution in [0.15, 0.2) is 60.0 Å². The number of ether oxygens (including phenoxy) is 1. The molecule has 6 nitrogen and oxygen atoms in total. The number of thioether (sulfide) groups is 1. The molecular weight excluding hydrogens is 346 g/mol. The quantitative estimate of drug-likeness (QED) is 0.625. The Hall–Kier alpha value is -2.22. The number of morpholine rings is 1. The first kappa shape index (κ1) is 17.2. The molecule has 1 saturated heterocycles. The standard InChI is InChI=1S/C19H21N5OS/c1-2-4-17(5-3-1)24-18(16-6-8-20-9-7-16)21-22-19(24)26-15-12-23-10-13-25-14-11-23/h1-9H,10-15H2. The van der Waals surface area contributed by atoms with Gasteiger partial charge in [-0.3, -0.25) is 14.5 Å². The summed E-state index contributed by atoms with van der Waals surface area (Å²) in [6.07, 6.45) is 3.56. The first-order valence-corrected chi connectivity index (χ1v) is 9.74. The number of benzene rings is 1. The fraction of sp³-hybridized carbons (Fsp3) is 0.316. The number of rotatable bonds is 6. The fourth-order valence-corrected chi connectivity index (χ4v) is 3.90. The van der Waals surface area contributed by atoms with Crippen molar-refractivity contribution in [2.45, 2.75) is 5.16 Å². The van der Waals surface area contributed by atoms with Crippen LogP contribution in [0.2, 0.25) is 0 Å². The average molecular weight is 367 g/mol. The van der Waals surface area contributed by atoms with E-state index in [2.05, 4.69) is 36.8 Å². The van der Waals surface area contributed by atoms with Gasteiger partial charge in [0, 0.05) is 49.0 Å². The molecule has 1 aromatic carbocycles. The van der Waals surface area contributed by atoms with Crippen LogP contribution >= 0.6 is 11.8 Å². The second-order valence-corrected chi connectivity index (χ2v) is 7.08. The maximum atomic E-state index is 5.41. The second kappa shape index (κ2) is 8.44. The molecule has 0 N–H and O–H groups in total. The van der Waals surface area contributed by atoms with Crippen molar-refractivity contribution in [1.29, 1.82) is 0 Å². The highest BCUT2D eigenvalue weighted by molar-refractivity contribution is 7.99. The van der Waals surface area contributed by atoms with E-state index in [-0.39, 0.29) is 0 Å². The van der Waals surface area contributed by atoms with Crippen molar-refractivity contribution in [1.82, 2.24) is 24.6 Å². The minimum Gasteiger partial charge on any atom is -0.379 e. The van der Waals surface area contributed by atoms with Gasteiger partial charge in [-0.1, -0.05) is 30.0 Å². The smallest absolute Gasteiger partial charge is 0.196 e. The molecule has 0 radical (unpaired) electrons. The molecule has 26 heavy (non-hydrogen) atoms. The van der Waals surface area contributed by atoms with Crippen molar-refractivity contribution in [2.75, 3.05) is 38.6 Å². The topological polar surface area (TPSA) is 56.1 Å². The van der Waals surface area contributed by atoms with Gasteiger partial charge in [-0.05, 0) is 24.3 Å². The van der Waals surface area contributed by atoms with Crippen LogP contribution in [0.1, 0.15) is 0 Å². The van der Waals surface area contributed by atoms with Gasteiger partial charge in [0.25, 0.3) is 0 Å². The van der Waals surface area contributed by atoms with Gasteiger partial charge in [0.05, 0.1) is 13.2 Å². The third-order valence-electron chi connectivity index (χ3n) is 4.33. The highest BCUT2D eigenvalue weighted by Crippen LogP contribution is 2.27. The Labute approximate surface area is 157 Å². The molecule has 4 rings (SSSR count). The summed E-state index contributed by atoms with van der Waals surface area (Å²) >= 11 is 1.74. The number of nitrogens with zero attached hydrogens (tertiary/aromatic N) is 5. The summed E-state index contributed by atoms with van der Waals surface area (Å²) < 4.78 is 7.54. The van der Waals surface area contributed by atoms with E-state index in [0.717, 1.165) is 60.8 Å². The van der Waals surface area contributed by atoms with Crippen LogP contribution in [0.3, 0.4) is 0 Å². The molecule has 1 fully saturated rings. The molecule has 2 aromatic heterocycles. The SMILES string of the molecule is c1ccc(-n2c(SCCN3CCOCC3)nnc2-c2ccncc2)cc1. The zero-order valence-electron chi connectivity index (χ0n) is 14.5. The highest BCUT2D eigenvalue weighted by atomic mass is 32.2. The molecule has 0 saturated carbocycles. The van der Waals surface area contributed by atoms with Gasteiger partial charge < -0.3 is 4.74 Å². The first-order valence-electron chi connectivity index (χ1n) is 8.76. The van der Waals surface area contributed by atoms with Gasteiger partial charge >= 0.3 is 0 Å². The van der Waals surface area contributed by atoms with Gasteiger partial charge in [-0.2, -0.15) is 0 Å². The summed E-state index contributed by atoms with van der Waals surface area (Å²) in [6, 6.07) is 14.2. The van der Waals surface area contributed by atoms with Gasteiger partial charge in [-0.15, -0.1) is 10.2 Å². The van der Waals surface area contributed by atoms with Gasteiger partial charge in [0.1, 0.15) is 0 Å². The molecule has 0 unspecified atom stereocenters. The van der Waals surface area contributed by atoms with Gasteiger partial charge in [0.2, 0.25) is 0 Å². The molecule has 3 heterocycles. The molecule has 0 spiro atoms. The predicted molar refractivity (Wildman–Crippen MR) is 103 cm³/mol.